The summed E-state index contributed by atoms with van der Waals surface area (Å²) in [5.41, 5.74) is 3.69. The van der Waals surface area contributed by atoms with E-state index in [1.165, 1.54) is 12.1 Å². The molecule has 33 heavy (non-hydrogen) atoms. The second-order valence-corrected chi connectivity index (χ2v) is 8.04. The van der Waals surface area contributed by atoms with Crippen LogP contribution in [0.5, 0.6) is 0 Å². The van der Waals surface area contributed by atoms with Crippen LogP contribution in [-0.4, -0.2) is 43.8 Å². The molecule has 3 aromatic heterocycles. The Morgan fingerprint density at radius 3 is 2.58 bits per heavy atom. The lowest BCUT2D eigenvalue weighted by molar-refractivity contribution is 0.0701. The van der Waals surface area contributed by atoms with Crippen LogP contribution in [-0.2, 0) is 0 Å². The molecule has 1 saturated heterocycles. The summed E-state index contributed by atoms with van der Waals surface area (Å²) in [7, 11) is 0. The van der Waals surface area contributed by atoms with Gasteiger partial charge in [-0.15, -0.1) is 0 Å². The second kappa shape index (κ2) is 9.24. The van der Waals surface area contributed by atoms with Crippen molar-refractivity contribution in [1.29, 1.82) is 0 Å². The van der Waals surface area contributed by atoms with E-state index in [9.17, 15) is 9.18 Å². The lowest BCUT2D eigenvalue weighted by atomic mass is 9.89. The van der Waals surface area contributed by atoms with Gasteiger partial charge in [0.1, 0.15) is 5.82 Å². The summed E-state index contributed by atoms with van der Waals surface area (Å²) in [5.74, 6) is -0.197. The highest BCUT2D eigenvalue weighted by atomic mass is 19.1. The van der Waals surface area contributed by atoms with Crippen LogP contribution in [0.4, 0.5) is 4.39 Å². The van der Waals surface area contributed by atoms with E-state index < -0.39 is 5.82 Å². The second-order valence-electron chi connectivity index (χ2n) is 8.04. The molecule has 1 aliphatic heterocycles. The Kier molecular flexibility index (Phi) is 5.85. The van der Waals surface area contributed by atoms with Crippen molar-refractivity contribution in [3.8, 4) is 22.5 Å². The number of carbonyl (C=O) groups excluding carboxylic acids is 1. The van der Waals surface area contributed by atoms with E-state index in [2.05, 4.69) is 15.0 Å². The van der Waals surface area contributed by atoms with Crippen molar-refractivity contribution in [3.05, 3.63) is 96.6 Å². The molecule has 0 spiro atoms. The van der Waals surface area contributed by atoms with Crippen LogP contribution in [0.3, 0.4) is 0 Å². The number of pyridine rings is 2. The molecule has 1 amide bonds. The first kappa shape index (κ1) is 20.9. The fraction of sp³-hybridized carbons (Fsp3) is 0.192. The highest BCUT2D eigenvalue weighted by molar-refractivity contribution is 5.94. The highest BCUT2D eigenvalue weighted by Gasteiger charge is 2.29. The molecular weight excluding hydrogens is 417 g/mol. The first-order chi connectivity index (χ1) is 16.2. The van der Waals surface area contributed by atoms with Gasteiger partial charge < -0.3 is 4.90 Å². The van der Waals surface area contributed by atoms with Gasteiger partial charge in [-0.05, 0) is 54.8 Å². The minimum absolute atomic E-state index is 0.00365. The SMILES string of the molecule is O=C(c1ccccc1F)N1CCCC(c2nc(-c3cccnc3)ncc2-c2ccncc2)C1. The Hall–Kier alpha value is -4.00. The lowest BCUT2D eigenvalue weighted by Gasteiger charge is -2.33. The number of benzene rings is 1. The van der Waals surface area contributed by atoms with Gasteiger partial charge >= 0.3 is 0 Å². The number of piperidine rings is 1. The van der Waals surface area contributed by atoms with Crippen LogP contribution in [0.2, 0.25) is 0 Å². The zero-order valence-electron chi connectivity index (χ0n) is 17.9. The fourth-order valence-electron chi connectivity index (χ4n) is 4.28. The lowest BCUT2D eigenvalue weighted by Crippen LogP contribution is -2.39. The minimum Gasteiger partial charge on any atom is -0.338 e. The van der Waals surface area contributed by atoms with Gasteiger partial charge in [0, 0.05) is 61.1 Å². The predicted octanol–water partition coefficient (Wildman–Crippen LogP) is 4.76. The summed E-state index contributed by atoms with van der Waals surface area (Å²) < 4.78 is 14.3. The van der Waals surface area contributed by atoms with Gasteiger partial charge in [0.25, 0.3) is 5.91 Å². The normalized spacial score (nSPS) is 15.9. The number of amides is 1. The Bertz CT molecular complexity index is 1270. The Balaban J connectivity index is 1.52. The molecule has 1 fully saturated rings. The molecule has 1 unspecified atom stereocenters. The smallest absolute Gasteiger partial charge is 0.256 e. The molecule has 4 aromatic rings. The minimum atomic E-state index is -0.497. The van der Waals surface area contributed by atoms with Crippen molar-refractivity contribution >= 4 is 5.91 Å². The Morgan fingerprint density at radius 2 is 1.79 bits per heavy atom. The van der Waals surface area contributed by atoms with E-state index in [-0.39, 0.29) is 17.4 Å². The van der Waals surface area contributed by atoms with E-state index in [1.807, 2.05) is 30.5 Å². The van der Waals surface area contributed by atoms with Gasteiger partial charge in [-0.2, -0.15) is 0 Å². The quantitative estimate of drug-likeness (QED) is 0.459. The van der Waals surface area contributed by atoms with E-state index in [1.54, 1.807) is 41.8 Å². The van der Waals surface area contributed by atoms with Crippen LogP contribution in [0.25, 0.3) is 22.5 Å². The van der Waals surface area contributed by atoms with Crippen LogP contribution in [0, 0.1) is 5.82 Å². The number of hydrogen-bond donors (Lipinski definition) is 0. The number of aromatic nitrogens is 4. The van der Waals surface area contributed by atoms with E-state index in [0.717, 1.165) is 35.2 Å². The molecule has 0 N–H and O–H groups in total. The molecule has 6 nitrogen and oxygen atoms in total. The molecule has 7 heteroatoms. The van der Waals surface area contributed by atoms with Crippen molar-refractivity contribution in [2.75, 3.05) is 13.1 Å². The summed E-state index contributed by atoms with van der Waals surface area (Å²) in [4.78, 5) is 32.6. The average Bonchev–Trinajstić information content (AvgIpc) is 2.89. The molecule has 1 atom stereocenters. The number of likely N-dealkylation sites (tertiary alicyclic amines) is 1. The van der Waals surface area contributed by atoms with Gasteiger partial charge in [0.2, 0.25) is 0 Å². The van der Waals surface area contributed by atoms with Crippen LogP contribution >= 0.6 is 0 Å². The summed E-state index contributed by atoms with van der Waals surface area (Å²) in [6, 6.07) is 13.8. The number of carbonyl (C=O) groups is 1. The summed E-state index contributed by atoms with van der Waals surface area (Å²) in [5, 5.41) is 0. The molecule has 164 valence electrons. The van der Waals surface area contributed by atoms with Gasteiger partial charge in [0.15, 0.2) is 5.82 Å². The van der Waals surface area contributed by atoms with Crippen LogP contribution in [0.1, 0.15) is 34.8 Å². The summed E-state index contributed by atoms with van der Waals surface area (Å²) in [6.45, 7) is 1.06. The van der Waals surface area contributed by atoms with Crippen molar-refractivity contribution in [2.45, 2.75) is 18.8 Å². The van der Waals surface area contributed by atoms with Crippen molar-refractivity contribution in [2.24, 2.45) is 0 Å². The topological polar surface area (TPSA) is 71.9 Å². The molecule has 4 heterocycles. The maximum Gasteiger partial charge on any atom is 0.256 e. The Labute approximate surface area is 191 Å². The third-order valence-electron chi connectivity index (χ3n) is 5.93. The van der Waals surface area contributed by atoms with E-state index in [4.69, 9.17) is 4.98 Å². The maximum atomic E-state index is 14.3. The largest absolute Gasteiger partial charge is 0.338 e. The predicted molar refractivity (Wildman–Crippen MR) is 123 cm³/mol. The number of halogens is 1. The monoisotopic (exact) mass is 439 g/mol. The van der Waals surface area contributed by atoms with E-state index in [0.29, 0.717) is 18.9 Å². The molecule has 0 radical (unpaired) electrons. The molecule has 0 bridgehead atoms. The Morgan fingerprint density at radius 1 is 0.939 bits per heavy atom. The molecule has 1 aromatic carbocycles. The number of hydrogen-bond acceptors (Lipinski definition) is 5. The molecule has 1 aliphatic rings. The standard InChI is InChI=1S/C26H22FN5O/c27-23-8-2-1-7-21(23)26(33)32-14-4-6-20(17-32)24-22(18-9-12-28-13-10-18)16-30-25(31-24)19-5-3-11-29-15-19/h1-3,5,7-13,15-16,20H,4,6,14,17H2. The van der Waals surface area contributed by atoms with Crippen molar-refractivity contribution in [3.63, 3.8) is 0 Å². The van der Waals surface area contributed by atoms with Crippen LogP contribution < -0.4 is 0 Å². The average molecular weight is 439 g/mol. The first-order valence-corrected chi connectivity index (χ1v) is 10.9. The van der Waals surface area contributed by atoms with Crippen LogP contribution in [0.15, 0.2) is 79.5 Å². The number of rotatable bonds is 4. The van der Waals surface area contributed by atoms with Gasteiger partial charge in [-0.3, -0.25) is 14.8 Å². The van der Waals surface area contributed by atoms with E-state index >= 15 is 0 Å². The summed E-state index contributed by atoms with van der Waals surface area (Å²) >= 11 is 0. The zero-order valence-corrected chi connectivity index (χ0v) is 17.9. The molecule has 0 aliphatic carbocycles. The van der Waals surface area contributed by atoms with Gasteiger partial charge in [-0.25, -0.2) is 14.4 Å². The van der Waals surface area contributed by atoms with Gasteiger partial charge in [-0.1, -0.05) is 12.1 Å². The van der Waals surface area contributed by atoms with Crippen molar-refractivity contribution < 1.29 is 9.18 Å². The molecular formula is C26H22FN5O. The third kappa shape index (κ3) is 4.35. The maximum absolute atomic E-state index is 14.3. The first-order valence-electron chi connectivity index (χ1n) is 10.9. The number of nitrogens with zero attached hydrogens (tertiary/aromatic N) is 5. The summed E-state index contributed by atoms with van der Waals surface area (Å²) in [6.07, 6.45) is 10.4. The van der Waals surface area contributed by atoms with Crippen molar-refractivity contribution in [1.82, 2.24) is 24.8 Å². The molecule has 5 rings (SSSR count). The van der Waals surface area contributed by atoms with Gasteiger partial charge in [0.05, 0.1) is 11.3 Å². The molecule has 0 saturated carbocycles. The zero-order chi connectivity index (χ0) is 22.6. The third-order valence-corrected chi connectivity index (χ3v) is 5.93. The highest BCUT2D eigenvalue weighted by Crippen LogP contribution is 2.34. The fourth-order valence-corrected chi connectivity index (χ4v) is 4.28.